The van der Waals surface area contributed by atoms with E-state index in [1.807, 2.05) is 30.9 Å². The number of nitrogens with one attached hydrogen (secondary N) is 2. The predicted molar refractivity (Wildman–Crippen MR) is 117 cm³/mol. The van der Waals surface area contributed by atoms with Crippen LogP contribution in [-0.4, -0.2) is 48.1 Å². The Bertz CT molecular complexity index is 1310. The zero-order chi connectivity index (χ0) is 19.9. The highest BCUT2D eigenvalue weighted by atomic mass is 15.2. The van der Waals surface area contributed by atoms with Gasteiger partial charge in [-0.05, 0) is 55.8 Å². The monoisotopic (exact) mass is 395 g/mol. The second kappa shape index (κ2) is 7.03. The van der Waals surface area contributed by atoms with Gasteiger partial charge in [-0.25, -0.2) is 4.98 Å². The van der Waals surface area contributed by atoms with E-state index >= 15 is 0 Å². The quantitative estimate of drug-likeness (QED) is 0.477. The van der Waals surface area contributed by atoms with E-state index in [9.17, 15) is 0 Å². The minimum atomic E-state index is 0.701. The molecule has 30 heavy (non-hydrogen) atoms. The number of nitrogens with zero attached hydrogens (tertiary/aromatic N) is 5. The van der Waals surface area contributed by atoms with Crippen molar-refractivity contribution in [3.05, 3.63) is 60.8 Å². The van der Waals surface area contributed by atoms with Crippen LogP contribution in [0.15, 0.2) is 55.2 Å². The average Bonchev–Trinajstić information content (AvgIpc) is 3.52. The highest BCUT2D eigenvalue weighted by molar-refractivity contribution is 5.95. The molecule has 5 aromatic rings. The van der Waals surface area contributed by atoms with Gasteiger partial charge in [0.15, 0.2) is 5.65 Å². The molecule has 1 aliphatic rings. The Labute approximate surface area is 173 Å². The molecule has 0 amide bonds. The maximum Gasteiger partial charge on any atom is 0.181 e. The molecule has 0 saturated carbocycles. The van der Waals surface area contributed by atoms with E-state index in [1.165, 1.54) is 31.5 Å². The Morgan fingerprint density at radius 1 is 0.933 bits per heavy atom. The highest BCUT2D eigenvalue weighted by Gasteiger charge is 2.15. The van der Waals surface area contributed by atoms with Crippen molar-refractivity contribution in [1.82, 2.24) is 35.0 Å². The number of aromatic nitrogens is 6. The third-order valence-corrected chi connectivity index (χ3v) is 5.84. The number of fused-ring (bicyclic) bond motifs is 2. The van der Waals surface area contributed by atoms with E-state index in [0.717, 1.165) is 45.3 Å². The number of hydrogen-bond donors (Lipinski definition) is 2. The minimum absolute atomic E-state index is 0.701. The molecule has 6 heterocycles. The molecule has 1 fully saturated rings. The Hall–Kier alpha value is -3.58. The van der Waals surface area contributed by atoms with Gasteiger partial charge in [0.05, 0.1) is 23.1 Å². The Morgan fingerprint density at radius 2 is 1.83 bits per heavy atom. The summed E-state index contributed by atoms with van der Waals surface area (Å²) in [7, 11) is 0. The van der Waals surface area contributed by atoms with Crippen molar-refractivity contribution in [3.8, 4) is 22.5 Å². The summed E-state index contributed by atoms with van der Waals surface area (Å²) in [6, 6.07) is 8.47. The summed E-state index contributed by atoms with van der Waals surface area (Å²) in [5, 5.41) is 9.63. The maximum absolute atomic E-state index is 4.58. The molecule has 0 unspecified atom stereocenters. The molecule has 1 saturated heterocycles. The topological polar surface area (TPSA) is 86.4 Å². The van der Waals surface area contributed by atoms with Gasteiger partial charge in [-0.15, -0.1) is 0 Å². The van der Waals surface area contributed by atoms with Crippen molar-refractivity contribution < 1.29 is 0 Å². The van der Waals surface area contributed by atoms with Crippen LogP contribution >= 0.6 is 0 Å². The lowest BCUT2D eigenvalue weighted by Gasteiger charge is -2.14. The van der Waals surface area contributed by atoms with Gasteiger partial charge >= 0.3 is 0 Å². The number of rotatable bonds is 4. The molecule has 7 heteroatoms. The summed E-state index contributed by atoms with van der Waals surface area (Å²) < 4.78 is 0. The largest absolute Gasteiger partial charge is 0.352 e. The van der Waals surface area contributed by atoms with Crippen molar-refractivity contribution in [2.45, 2.75) is 19.4 Å². The van der Waals surface area contributed by atoms with Crippen molar-refractivity contribution in [2.75, 3.05) is 13.1 Å². The van der Waals surface area contributed by atoms with E-state index in [4.69, 9.17) is 0 Å². The average molecular weight is 395 g/mol. The zero-order valence-corrected chi connectivity index (χ0v) is 16.5. The molecule has 148 valence electrons. The molecule has 0 spiro atoms. The lowest BCUT2D eigenvalue weighted by molar-refractivity contribution is 0.331. The summed E-state index contributed by atoms with van der Waals surface area (Å²) in [5.41, 5.74) is 6.96. The summed E-state index contributed by atoms with van der Waals surface area (Å²) >= 11 is 0. The minimum Gasteiger partial charge on any atom is -0.352 e. The summed E-state index contributed by atoms with van der Waals surface area (Å²) in [6.45, 7) is 3.31. The molecule has 5 aromatic heterocycles. The Kier molecular flexibility index (Phi) is 4.06. The fraction of sp³-hybridized carbons (Fsp3) is 0.217. The van der Waals surface area contributed by atoms with Crippen LogP contribution < -0.4 is 0 Å². The summed E-state index contributed by atoms with van der Waals surface area (Å²) in [6.07, 6.45) is 12.0. The van der Waals surface area contributed by atoms with Crippen molar-refractivity contribution in [1.29, 1.82) is 0 Å². The van der Waals surface area contributed by atoms with Gasteiger partial charge in [-0.1, -0.05) is 0 Å². The lowest BCUT2D eigenvalue weighted by Crippen LogP contribution is -2.18. The Balaban J connectivity index is 1.39. The molecule has 0 aromatic carbocycles. The molecule has 0 atom stereocenters. The number of likely N-dealkylation sites (tertiary alicyclic amines) is 1. The summed E-state index contributed by atoms with van der Waals surface area (Å²) in [4.78, 5) is 19.2. The van der Waals surface area contributed by atoms with Crippen LogP contribution in [0.3, 0.4) is 0 Å². The van der Waals surface area contributed by atoms with Crippen molar-refractivity contribution in [3.63, 3.8) is 0 Å². The molecule has 0 radical (unpaired) electrons. The van der Waals surface area contributed by atoms with E-state index in [2.05, 4.69) is 53.2 Å². The first-order valence-electron chi connectivity index (χ1n) is 10.3. The van der Waals surface area contributed by atoms with Crippen LogP contribution in [0.25, 0.3) is 44.5 Å². The number of H-pyrrole nitrogens is 2. The third kappa shape index (κ3) is 3.04. The fourth-order valence-electron chi connectivity index (χ4n) is 4.30. The number of pyridine rings is 3. The first kappa shape index (κ1) is 17.3. The van der Waals surface area contributed by atoms with Gasteiger partial charge in [0, 0.05) is 53.2 Å². The molecular formula is C23H21N7. The fourth-order valence-corrected chi connectivity index (χ4v) is 4.30. The van der Waals surface area contributed by atoms with Gasteiger partial charge in [0.2, 0.25) is 0 Å². The molecule has 7 nitrogen and oxygen atoms in total. The second-order valence-electron chi connectivity index (χ2n) is 7.90. The van der Waals surface area contributed by atoms with E-state index in [1.54, 1.807) is 6.20 Å². The first-order chi connectivity index (χ1) is 14.8. The normalized spacial score (nSPS) is 14.8. The van der Waals surface area contributed by atoms with E-state index < -0.39 is 0 Å². The second-order valence-corrected chi connectivity index (χ2v) is 7.90. The standard InChI is InChI=1S/C23H21N7/c1-2-6-30(5-1)14-15-7-17(11-25-10-15)18-8-19-22(28-29-23(19)26-12-18)20-9-16-3-4-24-13-21(16)27-20/h3-4,7-13,27H,1-2,5-6,14H2,(H,26,28,29). The molecule has 1 aliphatic heterocycles. The maximum atomic E-state index is 4.58. The molecular weight excluding hydrogens is 374 g/mol. The summed E-state index contributed by atoms with van der Waals surface area (Å²) in [5.74, 6) is 0. The number of hydrogen-bond acceptors (Lipinski definition) is 5. The first-order valence-corrected chi connectivity index (χ1v) is 10.3. The van der Waals surface area contributed by atoms with Crippen LogP contribution in [0.5, 0.6) is 0 Å². The van der Waals surface area contributed by atoms with Crippen LogP contribution in [0.2, 0.25) is 0 Å². The van der Waals surface area contributed by atoms with Gasteiger partial charge in [-0.2, -0.15) is 5.10 Å². The Morgan fingerprint density at radius 3 is 2.73 bits per heavy atom. The van der Waals surface area contributed by atoms with Gasteiger partial charge in [0.1, 0.15) is 0 Å². The zero-order valence-electron chi connectivity index (χ0n) is 16.5. The van der Waals surface area contributed by atoms with Gasteiger partial charge in [-0.3, -0.25) is 20.0 Å². The smallest absolute Gasteiger partial charge is 0.181 e. The molecule has 0 bridgehead atoms. The van der Waals surface area contributed by atoms with Crippen LogP contribution in [0.1, 0.15) is 18.4 Å². The molecule has 6 rings (SSSR count). The molecule has 0 aliphatic carbocycles. The molecule has 2 N–H and O–H groups in total. The van der Waals surface area contributed by atoms with Gasteiger partial charge in [0.25, 0.3) is 0 Å². The van der Waals surface area contributed by atoms with Crippen molar-refractivity contribution >= 4 is 21.9 Å². The van der Waals surface area contributed by atoms with Gasteiger partial charge < -0.3 is 4.98 Å². The highest BCUT2D eigenvalue weighted by Crippen LogP contribution is 2.30. The SMILES string of the molecule is c1cc2cc(-c3[nH]nc4ncc(-c5cncc(CN6CCCC6)c5)cc34)[nH]c2cn1. The van der Waals surface area contributed by atoms with Crippen LogP contribution in [0.4, 0.5) is 0 Å². The van der Waals surface area contributed by atoms with Crippen molar-refractivity contribution in [2.24, 2.45) is 0 Å². The number of aromatic amines is 2. The van der Waals surface area contributed by atoms with Crippen LogP contribution in [-0.2, 0) is 6.54 Å². The third-order valence-electron chi connectivity index (χ3n) is 5.84. The predicted octanol–water partition coefficient (Wildman–Crippen LogP) is 4.16. The lowest BCUT2D eigenvalue weighted by atomic mass is 10.1. The van der Waals surface area contributed by atoms with E-state index in [-0.39, 0.29) is 0 Å². The van der Waals surface area contributed by atoms with Crippen LogP contribution in [0, 0.1) is 0 Å². The van der Waals surface area contributed by atoms with E-state index in [0.29, 0.717) is 5.65 Å².